The van der Waals surface area contributed by atoms with Crippen LogP contribution < -0.4 is 10.0 Å². The molecule has 1 unspecified atom stereocenters. The fourth-order valence-corrected chi connectivity index (χ4v) is 3.88. The molecule has 0 bridgehead atoms. The third kappa shape index (κ3) is 7.28. The SMILES string of the molecule is CSCCCCCNS(=O)(=O)CC1CCCN1. The predicted octanol–water partition coefficient (Wildman–Crippen LogP) is 1.19. The number of hydrogen-bond donors (Lipinski definition) is 2. The summed E-state index contributed by atoms with van der Waals surface area (Å²) in [7, 11) is -3.08. The van der Waals surface area contributed by atoms with E-state index >= 15 is 0 Å². The van der Waals surface area contributed by atoms with Gasteiger partial charge in [-0.05, 0) is 44.2 Å². The second kappa shape index (κ2) is 8.34. The molecule has 0 saturated carbocycles. The molecule has 1 heterocycles. The van der Waals surface area contributed by atoms with Crippen LogP contribution in [0.4, 0.5) is 0 Å². The van der Waals surface area contributed by atoms with Crippen LogP contribution in [-0.4, -0.2) is 45.3 Å². The summed E-state index contributed by atoms with van der Waals surface area (Å²) in [5, 5.41) is 3.21. The molecule has 0 aliphatic carbocycles. The van der Waals surface area contributed by atoms with Crippen LogP contribution in [0.1, 0.15) is 32.1 Å². The largest absolute Gasteiger partial charge is 0.313 e. The van der Waals surface area contributed by atoms with Gasteiger partial charge in [0.1, 0.15) is 0 Å². The van der Waals surface area contributed by atoms with Crippen molar-refractivity contribution < 1.29 is 8.42 Å². The molecule has 0 aromatic carbocycles. The normalized spacial score (nSPS) is 20.9. The van der Waals surface area contributed by atoms with Crippen molar-refractivity contribution in [2.45, 2.75) is 38.1 Å². The second-order valence-corrected chi connectivity index (χ2v) is 7.36. The lowest BCUT2D eigenvalue weighted by Gasteiger charge is -2.11. The first-order valence-electron chi connectivity index (χ1n) is 6.34. The maximum absolute atomic E-state index is 11.7. The lowest BCUT2D eigenvalue weighted by molar-refractivity contribution is 0.559. The lowest BCUT2D eigenvalue weighted by Crippen LogP contribution is -2.36. The zero-order chi connectivity index (χ0) is 12.6. The highest BCUT2D eigenvalue weighted by Crippen LogP contribution is 2.07. The third-order valence-corrected chi connectivity index (χ3v) is 5.11. The highest BCUT2D eigenvalue weighted by molar-refractivity contribution is 7.98. The first-order valence-corrected chi connectivity index (χ1v) is 9.38. The highest BCUT2D eigenvalue weighted by Gasteiger charge is 2.21. The van der Waals surface area contributed by atoms with E-state index in [-0.39, 0.29) is 11.8 Å². The average molecular weight is 280 g/mol. The number of nitrogens with one attached hydrogen (secondary N) is 2. The Morgan fingerprint density at radius 1 is 1.35 bits per heavy atom. The molecule has 2 N–H and O–H groups in total. The number of sulfonamides is 1. The molecule has 6 heteroatoms. The molecule has 0 aromatic rings. The third-order valence-electron chi connectivity index (χ3n) is 2.93. The van der Waals surface area contributed by atoms with Crippen molar-refractivity contribution >= 4 is 21.8 Å². The second-order valence-electron chi connectivity index (χ2n) is 4.52. The summed E-state index contributed by atoms with van der Waals surface area (Å²) in [6.45, 7) is 1.54. The monoisotopic (exact) mass is 280 g/mol. The van der Waals surface area contributed by atoms with E-state index in [0.717, 1.165) is 32.2 Å². The molecule has 0 radical (unpaired) electrons. The van der Waals surface area contributed by atoms with Gasteiger partial charge in [0.15, 0.2) is 0 Å². The Balaban J connectivity index is 2.07. The van der Waals surface area contributed by atoms with Gasteiger partial charge in [0.05, 0.1) is 5.75 Å². The van der Waals surface area contributed by atoms with E-state index in [4.69, 9.17) is 0 Å². The van der Waals surface area contributed by atoms with Crippen LogP contribution in [0, 0.1) is 0 Å². The molecule has 0 spiro atoms. The van der Waals surface area contributed by atoms with Crippen LogP contribution in [0.2, 0.25) is 0 Å². The minimum absolute atomic E-state index is 0.156. The van der Waals surface area contributed by atoms with E-state index in [2.05, 4.69) is 16.3 Å². The van der Waals surface area contributed by atoms with Gasteiger partial charge in [0.25, 0.3) is 0 Å². The molecule has 0 aromatic heterocycles. The van der Waals surface area contributed by atoms with Gasteiger partial charge >= 0.3 is 0 Å². The van der Waals surface area contributed by atoms with Crippen LogP contribution >= 0.6 is 11.8 Å². The maximum atomic E-state index is 11.7. The summed E-state index contributed by atoms with van der Waals surface area (Å²) in [5.74, 6) is 1.40. The Morgan fingerprint density at radius 3 is 2.82 bits per heavy atom. The summed E-state index contributed by atoms with van der Waals surface area (Å²) < 4.78 is 26.1. The molecule has 0 amide bonds. The molecule has 1 aliphatic heterocycles. The van der Waals surface area contributed by atoms with Gasteiger partial charge in [-0.1, -0.05) is 6.42 Å². The van der Waals surface area contributed by atoms with Crippen molar-refractivity contribution in [1.82, 2.24) is 10.0 Å². The summed E-state index contributed by atoms with van der Waals surface area (Å²) in [6, 6.07) is 0.156. The van der Waals surface area contributed by atoms with Gasteiger partial charge in [-0.2, -0.15) is 11.8 Å². The number of unbranched alkanes of at least 4 members (excludes halogenated alkanes) is 2. The van der Waals surface area contributed by atoms with Crippen LogP contribution in [-0.2, 0) is 10.0 Å². The fourth-order valence-electron chi connectivity index (χ4n) is 2.00. The summed E-state index contributed by atoms with van der Waals surface area (Å²) >= 11 is 1.84. The van der Waals surface area contributed by atoms with Crippen molar-refractivity contribution in [3.63, 3.8) is 0 Å². The Bertz CT molecular complexity index is 288. The molecule has 1 rings (SSSR count). The van der Waals surface area contributed by atoms with Crippen LogP contribution in [0.15, 0.2) is 0 Å². The molecule has 1 saturated heterocycles. The highest BCUT2D eigenvalue weighted by atomic mass is 32.2. The van der Waals surface area contributed by atoms with Crippen molar-refractivity contribution in [3.8, 4) is 0 Å². The zero-order valence-electron chi connectivity index (χ0n) is 10.6. The van der Waals surface area contributed by atoms with Gasteiger partial charge in [-0.25, -0.2) is 13.1 Å². The van der Waals surface area contributed by atoms with Crippen LogP contribution in [0.25, 0.3) is 0 Å². The van der Waals surface area contributed by atoms with E-state index in [1.54, 1.807) is 0 Å². The van der Waals surface area contributed by atoms with E-state index in [9.17, 15) is 8.42 Å². The average Bonchev–Trinajstić information content (AvgIpc) is 2.75. The molecule has 102 valence electrons. The maximum Gasteiger partial charge on any atom is 0.213 e. The molecule has 1 atom stereocenters. The summed E-state index contributed by atoms with van der Waals surface area (Å²) in [4.78, 5) is 0. The van der Waals surface area contributed by atoms with E-state index < -0.39 is 10.0 Å². The minimum Gasteiger partial charge on any atom is -0.313 e. The van der Waals surface area contributed by atoms with Crippen molar-refractivity contribution in [3.05, 3.63) is 0 Å². The standard InChI is InChI=1S/C11H24N2O2S2/c1-16-9-4-2-3-8-13-17(14,15)10-11-6-5-7-12-11/h11-13H,2-10H2,1H3. The Kier molecular flexibility index (Phi) is 7.50. The van der Waals surface area contributed by atoms with E-state index in [1.165, 1.54) is 12.2 Å². The summed E-state index contributed by atoms with van der Waals surface area (Å²) in [6.07, 6.45) is 7.39. The van der Waals surface area contributed by atoms with Gasteiger partial charge < -0.3 is 5.32 Å². The molecular weight excluding hydrogens is 256 g/mol. The first kappa shape index (κ1) is 15.3. The molecule has 1 fully saturated rings. The van der Waals surface area contributed by atoms with Crippen LogP contribution in [0.5, 0.6) is 0 Å². The van der Waals surface area contributed by atoms with Gasteiger partial charge in [0.2, 0.25) is 10.0 Å². The molecule has 17 heavy (non-hydrogen) atoms. The van der Waals surface area contributed by atoms with Crippen molar-refractivity contribution in [2.24, 2.45) is 0 Å². The quantitative estimate of drug-likeness (QED) is 0.623. The summed E-state index contributed by atoms with van der Waals surface area (Å²) in [5.41, 5.74) is 0. The van der Waals surface area contributed by atoms with Crippen molar-refractivity contribution in [1.29, 1.82) is 0 Å². The van der Waals surface area contributed by atoms with E-state index in [1.807, 2.05) is 11.8 Å². The number of hydrogen-bond acceptors (Lipinski definition) is 4. The first-order chi connectivity index (χ1) is 8.14. The van der Waals surface area contributed by atoms with Gasteiger partial charge in [-0.15, -0.1) is 0 Å². The van der Waals surface area contributed by atoms with Crippen LogP contribution in [0.3, 0.4) is 0 Å². The smallest absolute Gasteiger partial charge is 0.213 e. The van der Waals surface area contributed by atoms with Crippen molar-refractivity contribution in [2.75, 3.05) is 30.9 Å². The molecular formula is C11H24N2O2S2. The topological polar surface area (TPSA) is 58.2 Å². The molecule has 1 aliphatic rings. The van der Waals surface area contributed by atoms with Gasteiger partial charge in [0, 0.05) is 12.6 Å². The fraction of sp³-hybridized carbons (Fsp3) is 1.00. The number of rotatable bonds is 9. The predicted molar refractivity (Wildman–Crippen MR) is 75.0 cm³/mol. The Hall–Kier alpha value is 0.220. The Morgan fingerprint density at radius 2 is 2.18 bits per heavy atom. The van der Waals surface area contributed by atoms with E-state index in [0.29, 0.717) is 6.54 Å². The van der Waals surface area contributed by atoms with Gasteiger partial charge in [-0.3, -0.25) is 0 Å². The number of thioether (sulfide) groups is 1. The lowest BCUT2D eigenvalue weighted by atomic mass is 10.2. The Labute approximate surface area is 109 Å². The minimum atomic E-state index is -3.08. The molecule has 4 nitrogen and oxygen atoms in total. The zero-order valence-corrected chi connectivity index (χ0v) is 12.2.